The summed E-state index contributed by atoms with van der Waals surface area (Å²) in [5, 5.41) is 20.0. The fraction of sp³-hybridized carbons (Fsp3) is 0.385. The summed E-state index contributed by atoms with van der Waals surface area (Å²) in [6.45, 7) is 0.394. The summed E-state index contributed by atoms with van der Waals surface area (Å²) in [5.74, 6) is -2.03. The van der Waals surface area contributed by atoms with Crippen molar-refractivity contribution in [2.45, 2.75) is 11.3 Å². The molecule has 2 rings (SSSR count). The zero-order valence-corrected chi connectivity index (χ0v) is 12.1. The second kappa shape index (κ2) is 6.13. The van der Waals surface area contributed by atoms with Crippen molar-refractivity contribution in [1.82, 2.24) is 4.90 Å². The number of carboxylic acid groups (broad SMARTS) is 1. The Balaban J connectivity index is 2.30. The molecule has 1 fully saturated rings. The molecular weight excluding hydrogens is 296 g/mol. The SMILES string of the molecule is CSc1ccc([N+](=O)[O-])c(C(=O)N2CCC(C(=O)O)C2)c1. The number of benzene rings is 1. The minimum Gasteiger partial charge on any atom is -0.481 e. The topological polar surface area (TPSA) is 101 Å². The summed E-state index contributed by atoms with van der Waals surface area (Å²) in [5.41, 5.74) is -0.241. The molecule has 1 atom stereocenters. The van der Waals surface area contributed by atoms with Gasteiger partial charge in [-0.2, -0.15) is 0 Å². The zero-order valence-electron chi connectivity index (χ0n) is 11.3. The highest BCUT2D eigenvalue weighted by atomic mass is 32.2. The zero-order chi connectivity index (χ0) is 15.6. The minimum absolute atomic E-state index is 0.0119. The highest BCUT2D eigenvalue weighted by molar-refractivity contribution is 7.98. The Morgan fingerprint density at radius 2 is 2.19 bits per heavy atom. The molecule has 1 aliphatic heterocycles. The van der Waals surface area contributed by atoms with Gasteiger partial charge in [0, 0.05) is 24.1 Å². The maximum absolute atomic E-state index is 12.4. The molecule has 0 aliphatic carbocycles. The van der Waals surface area contributed by atoms with Gasteiger partial charge >= 0.3 is 5.97 Å². The average Bonchev–Trinajstić information content (AvgIpc) is 2.95. The van der Waals surface area contributed by atoms with Gasteiger partial charge in [0.15, 0.2) is 0 Å². The number of nitro benzene ring substituents is 1. The van der Waals surface area contributed by atoms with Crippen molar-refractivity contribution in [1.29, 1.82) is 0 Å². The molecule has 1 aliphatic rings. The van der Waals surface area contributed by atoms with Gasteiger partial charge < -0.3 is 10.0 Å². The van der Waals surface area contributed by atoms with Crippen LogP contribution in [0.3, 0.4) is 0 Å². The van der Waals surface area contributed by atoms with Crippen LogP contribution in [0.15, 0.2) is 23.1 Å². The van der Waals surface area contributed by atoms with Crippen LogP contribution in [-0.4, -0.2) is 46.2 Å². The molecule has 1 heterocycles. The lowest BCUT2D eigenvalue weighted by Gasteiger charge is -2.16. The van der Waals surface area contributed by atoms with E-state index in [1.165, 1.54) is 28.8 Å². The number of carbonyl (C=O) groups is 2. The molecule has 0 spiro atoms. The van der Waals surface area contributed by atoms with Crippen LogP contribution in [-0.2, 0) is 4.79 Å². The van der Waals surface area contributed by atoms with E-state index in [9.17, 15) is 19.7 Å². The molecule has 1 aromatic rings. The minimum atomic E-state index is -0.947. The molecule has 0 aromatic heterocycles. The van der Waals surface area contributed by atoms with Crippen LogP contribution in [0.1, 0.15) is 16.8 Å². The molecule has 21 heavy (non-hydrogen) atoms. The third-order valence-corrected chi connectivity index (χ3v) is 4.18. The number of aliphatic carboxylic acids is 1. The first-order chi connectivity index (χ1) is 9.93. The van der Waals surface area contributed by atoms with Crippen LogP contribution in [0.25, 0.3) is 0 Å². The van der Waals surface area contributed by atoms with Crippen LogP contribution in [0.5, 0.6) is 0 Å². The molecule has 1 amide bonds. The van der Waals surface area contributed by atoms with Gasteiger partial charge in [0.25, 0.3) is 11.6 Å². The van der Waals surface area contributed by atoms with Crippen LogP contribution in [0.2, 0.25) is 0 Å². The fourth-order valence-corrected chi connectivity index (χ4v) is 2.73. The third-order valence-electron chi connectivity index (χ3n) is 3.46. The predicted molar refractivity (Wildman–Crippen MR) is 76.5 cm³/mol. The molecule has 0 radical (unpaired) electrons. The number of carbonyl (C=O) groups excluding carboxylic acids is 1. The van der Waals surface area contributed by atoms with Crippen molar-refractivity contribution in [2.24, 2.45) is 5.92 Å². The Kier molecular flexibility index (Phi) is 4.46. The number of hydrogen-bond donors (Lipinski definition) is 1. The Hall–Kier alpha value is -2.09. The lowest BCUT2D eigenvalue weighted by molar-refractivity contribution is -0.385. The van der Waals surface area contributed by atoms with E-state index in [1.54, 1.807) is 6.07 Å². The van der Waals surface area contributed by atoms with Crippen LogP contribution in [0, 0.1) is 16.0 Å². The molecule has 8 heteroatoms. The number of carboxylic acids is 1. The number of likely N-dealkylation sites (tertiary alicyclic amines) is 1. The van der Waals surface area contributed by atoms with E-state index in [2.05, 4.69) is 0 Å². The van der Waals surface area contributed by atoms with Crippen LogP contribution < -0.4 is 0 Å². The summed E-state index contributed by atoms with van der Waals surface area (Å²) in [6, 6.07) is 4.38. The first-order valence-corrected chi connectivity index (χ1v) is 7.51. The second-order valence-corrected chi connectivity index (χ2v) is 5.59. The average molecular weight is 310 g/mol. The van der Waals surface area contributed by atoms with Gasteiger partial charge in [-0.25, -0.2) is 0 Å². The standard InChI is InChI=1S/C13H14N2O5S/c1-21-9-2-3-11(15(19)20)10(6-9)12(16)14-5-4-8(7-14)13(17)18/h2-3,6,8H,4-5,7H2,1H3,(H,17,18). The second-order valence-electron chi connectivity index (χ2n) is 4.72. The molecule has 112 valence electrons. The van der Waals surface area contributed by atoms with Crippen molar-refractivity contribution in [3.63, 3.8) is 0 Å². The highest BCUT2D eigenvalue weighted by Gasteiger charge is 2.33. The van der Waals surface area contributed by atoms with E-state index in [0.717, 1.165) is 4.90 Å². The molecule has 0 bridgehead atoms. The lowest BCUT2D eigenvalue weighted by Crippen LogP contribution is -2.30. The first-order valence-electron chi connectivity index (χ1n) is 6.28. The van der Waals surface area contributed by atoms with E-state index in [-0.39, 0.29) is 17.8 Å². The maximum atomic E-state index is 12.4. The number of rotatable bonds is 4. The summed E-state index contributed by atoms with van der Waals surface area (Å²) >= 11 is 1.38. The fourth-order valence-electron chi connectivity index (χ4n) is 2.29. The summed E-state index contributed by atoms with van der Waals surface area (Å²) in [7, 11) is 0. The van der Waals surface area contributed by atoms with Gasteiger partial charge in [-0.1, -0.05) is 0 Å². The number of nitro groups is 1. The smallest absolute Gasteiger partial charge is 0.308 e. The maximum Gasteiger partial charge on any atom is 0.308 e. The molecule has 0 saturated carbocycles. The Bertz CT molecular complexity index is 604. The molecule has 1 aromatic carbocycles. The van der Waals surface area contributed by atoms with Gasteiger partial charge in [0.2, 0.25) is 0 Å². The molecule has 1 unspecified atom stereocenters. The van der Waals surface area contributed by atoms with Gasteiger partial charge in [0.1, 0.15) is 5.56 Å². The van der Waals surface area contributed by atoms with Crippen molar-refractivity contribution >= 4 is 29.3 Å². The number of hydrogen-bond acceptors (Lipinski definition) is 5. The van der Waals surface area contributed by atoms with E-state index in [4.69, 9.17) is 5.11 Å². The highest BCUT2D eigenvalue weighted by Crippen LogP contribution is 2.28. The van der Waals surface area contributed by atoms with Crippen LogP contribution in [0.4, 0.5) is 5.69 Å². The van der Waals surface area contributed by atoms with E-state index < -0.39 is 22.7 Å². The van der Waals surface area contributed by atoms with Gasteiger partial charge in [-0.05, 0) is 24.8 Å². The third kappa shape index (κ3) is 3.15. The summed E-state index contributed by atoms with van der Waals surface area (Å²) in [6.07, 6.45) is 2.18. The van der Waals surface area contributed by atoms with Gasteiger partial charge in [-0.15, -0.1) is 11.8 Å². The monoisotopic (exact) mass is 310 g/mol. The van der Waals surface area contributed by atoms with Crippen LogP contribution >= 0.6 is 11.8 Å². The summed E-state index contributed by atoms with van der Waals surface area (Å²) in [4.78, 5) is 35.9. The Labute approximate surface area is 125 Å². The van der Waals surface area contributed by atoms with Gasteiger partial charge in [-0.3, -0.25) is 19.7 Å². The largest absolute Gasteiger partial charge is 0.481 e. The van der Waals surface area contributed by atoms with Crippen molar-refractivity contribution < 1.29 is 19.6 Å². The lowest BCUT2D eigenvalue weighted by atomic mass is 10.1. The van der Waals surface area contributed by atoms with E-state index >= 15 is 0 Å². The molecular formula is C13H14N2O5S. The first kappa shape index (κ1) is 15.3. The summed E-state index contributed by atoms with van der Waals surface area (Å²) < 4.78 is 0. The molecule has 1 saturated heterocycles. The molecule has 7 nitrogen and oxygen atoms in total. The normalized spacial score (nSPS) is 17.8. The van der Waals surface area contributed by atoms with Crippen molar-refractivity contribution in [3.8, 4) is 0 Å². The molecule has 1 N–H and O–H groups in total. The van der Waals surface area contributed by atoms with Gasteiger partial charge in [0.05, 0.1) is 10.8 Å². The predicted octanol–water partition coefficient (Wildman–Crippen LogP) is 1.86. The number of amides is 1. The van der Waals surface area contributed by atoms with E-state index in [1.807, 2.05) is 6.26 Å². The van der Waals surface area contributed by atoms with Crippen molar-refractivity contribution in [2.75, 3.05) is 19.3 Å². The van der Waals surface area contributed by atoms with Crippen molar-refractivity contribution in [3.05, 3.63) is 33.9 Å². The number of nitrogens with zero attached hydrogens (tertiary/aromatic N) is 2. The quantitative estimate of drug-likeness (QED) is 0.517. The Morgan fingerprint density at radius 1 is 1.48 bits per heavy atom. The Morgan fingerprint density at radius 3 is 2.71 bits per heavy atom. The van der Waals surface area contributed by atoms with E-state index in [0.29, 0.717) is 13.0 Å². The number of thioether (sulfide) groups is 1.